The fraction of sp³-hybridized carbons (Fsp3) is 0.130. The van der Waals surface area contributed by atoms with E-state index in [0.717, 1.165) is 16.3 Å². The predicted octanol–water partition coefficient (Wildman–Crippen LogP) is 4.57. The molecule has 0 fully saturated rings. The highest BCUT2D eigenvalue weighted by molar-refractivity contribution is 6.04. The van der Waals surface area contributed by atoms with Crippen molar-refractivity contribution in [3.05, 3.63) is 76.1 Å². The molecule has 1 N–H and O–H groups in total. The molecular formula is C23H17FN2O4. The van der Waals surface area contributed by atoms with E-state index in [-0.39, 0.29) is 11.4 Å². The minimum Gasteiger partial charge on any atom is -0.493 e. The van der Waals surface area contributed by atoms with Crippen molar-refractivity contribution in [3.8, 4) is 11.5 Å². The van der Waals surface area contributed by atoms with Crippen LogP contribution in [0.4, 0.5) is 4.39 Å². The van der Waals surface area contributed by atoms with Crippen LogP contribution >= 0.6 is 0 Å². The Balaban J connectivity index is 1.56. The van der Waals surface area contributed by atoms with Crippen molar-refractivity contribution in [2.75, 3.05) is 14.2 Å². The topological polar surface area (TPSA) is 77.4 Å². The maximum Gasteiger partial charge on any atom is 0.258 e. The second kappa shape index (κ2) is 6.88. The molecule has 30 heavy (non-hydrogen) atoms. The summed E-state index contributed by atoms with van der Waals surface area (Å²) in [6.07, 6.45) is 0.404. The molecule has 7 heteroatoms. The number of rotatable bonds is 4. The van der Waals surface area contributed by atoms with E-state index in [1.165, 1.54) is 26.4 Å². The average molecular weight is 404 g/mol. The third-order valence-corrected chi connectivity index (χ3v) is 5.13. The number of methoxy groups -OCH3 is 2. The maximum atomic E-state index is 13.6. The lowest BCUT2D eigenvalue weighted by atomic mass is 10.1. The van der Waals surface area contributed by atoms with Crippen molar-refractivity contribution in [3.63, 3.8) is 0 Å². The summed E-state index contributed by atoms with van der Waals surface area (Å²) in [7, 11) is 3.05. The van der Waals surface area contributed by atoms with Gasteiger partial charge in [0, 0.05) is 23.3 Å². The lowest BCUT2D eigenvalue weighted by molar-refractivity contribution is 0.355. The molecule has 0 unspecified atom stereocenters. The monoisotopic (exact) mass is 404 g/mol. The zero-order chi connectivity index (χ0) is 20.8. The predicted molar refractivity (Wildman–Crippen MR) is 112 cm³/mol. The number of hydrogen-bond acceptors (Lipinski definition) is 5. The summed E-state index contributed by atoms with van der Waals surface area (Å²) in [5, 5.41) is 1.99. The second-order valence-corrected chi connectivity index (χ2v) is 6.99. The summed E-state index contributed by atoms with van der Waals surface area (Å²) in [4.78, 5) is 20.0. The fourth-order valence-corrected chi connectivity index (χ4v) is 3.70. The third-order valence-electron chi connectivity index (χ3n) is 5.13. The average Bonchev–Trinajstić information content (AvgIpc) is 3.09. The summed E-state index contributed by atoms with van der Waals surface area (Å²) in [6.45, 7) is 0. The molecule has 5 aromatic rings. The molecule has 6 nitrogen and oxygen atoms in total. The number of ether oxygens (including phenoxy) is 2. The molecule has 0 aliphatic rings. The number of aromatic nitrogens is 2. The van der Waals surface area contributed by atoms with Crippen LogP contribution in [0.2, 0.25) is 0 Å². The first-order chi connectivity index (χ1) is 14.6. The van der Waals surface area contributed by atoms with Gasteiger partial charge in [0.15, 0.2) is 11.5 Å². The van der Waals surface area contributed by atoms with Gasteiger partial charge in [0.05, 0.1) is 25.1 Å². The van der Waals surface area contributed by atoms with Crippen molar-refractivity contribution in [2.24, 2.45) is 0 Å². The second-order valence-electron chi connectivity index (χ2n) is 6.99. The lowest BCUT2D eigenvalue weighted by Gasteiger charge is -2.09. The Morgan fingerprint density at radius 3 is 2.53 bits per heavy atom. The van der Waals surface area contributed by atoms with E-state index < -0.39 is 0 Å². The van der Waals surface area contributed by atoms with Crippen LogP contribution in [0.1, 0.15) is 11.4 Å². The molecule has 0 bridgehead atoms. The van der Waals surface area contributed by atoms with Crippen LogP contribution in [0.15, 0.2) is 57.7 Å². The van der Waals surface area contributed by atoms with Crippen molar-refractivity contribution < 1.29 is 18.3 Å². The van der Waals surface area contributed by atoms with Gasteiger partial charge in [-0.3, -0.25) is 4.79 Å². The van der Waals surface area contributed by atoms with E-state index >= 15 is 0 Å². The van der Waals surface area contributed by atoms with Crippen LogP contribution in [0, 0.1) is 5.82 Å². The number of furan rings is 1. The number of nitrogens with zero attached hydrogens (tertiary/aromatic N) is 1. The SMILES string of the molecule is COc1cc2nc(Cc3ccc4c(c3)oc3ccc(F)cc34)[nH]c(=O)c2cc1OC. The number of fused-ring (bicyclic) bond motifs is 4. The third kappa shape index (κ3) is 2.95. The minimum atomic E-state index is -0.306. The molecule has 0 amide bonds. The zero-order valence-electron chi connectivity index (χ0n) is 16.3. The number of aromatic amines is 1. The molecule has 0 spiro atoms. The van der Waals surface area contributed by atoms with E-state index in [1.807, 2.05) is 18.2 Å². The standard InChI is InChI=1S/C23H17FN2O4/c1-28-20-10-16-17(11-21(20)29-2)25-22(26-23(16)27)8-12-3-5-14-15-9-13(24)4-6-18(15)30-19(14)7-12/h3-7,9-11H,8H2,1-2H3,(H,25,26,27). The number of benzene rings is 3. The van der Waals surface area contributed by atoms with Gasteiger partial charge in [-0.15, -0.1) is 0 Å². The van der Waals surface area contributed by atoms with Crippen molar-refractivity contribution in [1.29, 1.82) is 0 Å². The van der Waals surface area contributed by atoms with E-state index in [2.05, 4.69) is 9.97 Å². The molecule has 5 rings (SSSR count). The normalized spacial score (nSPS) is 11.4. The van der Waals surface area contributed by atoms with Gasteiger partial charge in [-0.1, -0.05) is 12.1 Å². The number of H-pyrrole nitrogens is 1. The molecule has 0 aliphatic carbocycles. The van der Waals surface area contributed by atoms with Crippen molar-refractivity contribution in [1.82, 2.24) is 9.97 Å². The Labute approximate surface area is 169 Å². The van der Waals surface area contributed by atoms with Gasteiger partial charge in [0.1, 0.15) is 22.8 Å². The minimum absolute atomic E-state index is 0.253. The lowest BCUT2D eigenvalue weighted by Crippen LogP contribution is -2.12. The van der Waals surface area contributed by atoms with Gasteiger partial charge in [0.25, 0.3) is 5.56 Å². The molecule has 0 atom stereocenters. The summed E-state index contributed by atoms with van der Waals surface area (Å²) in [6, 6.07) is 13.4. The summed E-state index contributed by atoms with van der Waals surface area (Å²) >= 11 is 0. The van der Waals surface area contributed by atoms with Gasteiger partial charge >= 0.3 is 0 Å². The van der Waals surface area contributed by atoms with Gasteiger partial charge in [-0.2, -0.15) is 0 Å². The Bertz CT molecular complexity index is 1490. The molecule has 150 valence electrons. The van der Waals surface area contributed by atoms with Gasteiger partial charge in [-0.25, -0.2) is 9.37 Å². The summed E-state index contributed by atoms with van der Waals surface area (Å²) < 4.78 is 30.0. The van der Waals surface area contributed by atoms with Crippen molar-refractivity contribution in [2.45, 2.75) is 6.42 Å². The Morgan fingerprint density at radius 1 is 0.933 bits per heavy atom. The highest BCUT2D eigenvalue weighted by Crippen LogP contribution is 2.31. The first-order valence-corrected chi connectivity index (χ1v) is 9.31. The summed E-state index contributed by atoms with van der Waals surface area (Å²) in [5.74, 6) is 1.18. The maximum absolute atomic E-state index is 13.6. The van der Waals surface area contributed by atoms with E-state index in [0.29, 0.717) is 45.8 Å². The van der Waals surface area contributed by atoms with E-state index in [9.17, 15) is 9.18 Å². The van der Waals surface area contributed by atoms with Crippen molar-refractivity contribution >= 4 is 32.8 Å². The Morgan fingerprint density at radius 2 is 1.73 bits per heavy atom. The molecular weight excluding hydrogens is 387 g/mol. The van der Waals surface area contributed by atoms with Gasteiger partial charge < -0.3 is 18.9 Å². The van der Waals surface area contributed by atoms with Crippen LogP contribution < -0.4 is 15.0 Å². The first kappa shape index (κ1) is 18.2. The molecule has 3 aromatic carbocycles. The Hall–Kier alpha value is -3.87. The van der Waals surface area contributed by atoms with Gasteiger partial charge in [-0.05, 0) is 35.9 Å². The molecule has 0 aliphatic heterocycles. The molecule has 2 aromatic heterocycles. The van der Waals surface area contributed by atoms with Crippen LogP contribution in [0.5, 0.6) is 11.5 Å². The van der Waals surface area contributed by atoms with Crippen LogP contribution in [-0.4, -0.2) is 24.2 Å². The largest absolute Gasteiger partial charge is 0.493 e. The molecule has 0 saturated carbocycles. The van der Waals surface area contributed by atoms with E-state index in [4.69, 9.17) is 13.9 Å². The van der Waals surface area contributed by atoms with Crippen LogP contribution in [-0.2, 0) is 6.42 Å². The number of halogens is 1. The highest BCUT2D eigenvalue weighted by Gasteiger charge is 2.13. The smallest absolute Gasteiger partial charge is 0.258 e. The van der Waals surface area contributed by atoms with Crippen LogP contribution in [0.3, 0.4) is 0 Å². The molecule has 2 heterocycles. The van der Waals surface area contributed by atoms with Crippen LogP contribution in [0.25, 0.3) is 32.8 Å². The fourth-order valence-electron chi connectivity index (χ4n) is 3.70. The molecule has 0 radical (unpaired) electrons. The molecule has 0 saturated heterocycles. The van der Waals surface area contributed by atoms with Gasteiger partial charge in [0.2, 0.25) is 0 Å². The van der Waals surface area contributed by atoms with E-state index in [1.54, 1.807) is 18.2 Å². The zero-order valence-corrected chi connectivity index (χ0v) is 16.3. The first-order valence-electron chi connectivity index (χ1n) is 9.31. The summed E-state index contributed by atoms with van der Waals surface area (Å²) in [5.41, 5.74) is 2.46. The number of nitrogens with one attached hydrogen (secondary N) is 1. The highest BCUT2D eigenvalue weighted by atomic mass is 19.1. The quantitative estimate of drug-likeness (QED) is 0.475. The Kier molecular flexibility index (Phi) is 4.17. The number of hydrogen-bond donors (Lipinski definition) is 1.